The SMILES string of the molecule is CCC(O)CNS(=O)(=O)c1cc(C)c(C)c(N)c1. The molecule has 102 valence electrons. The second-order valence-electron chi connectivity index (χ2n) is 4.37. The van der Waals surface area contributed by atoms with Crippen molar-refractivity contribution in [3.63, 3.8) is 0 Å². The minimum atomic E-state index is -3.62. The molecule has 0 aliphatic carbocycles. The molecule has 0 saturated carbocycles. The maximum atomic E-state index is 12.0. The molecule has 6 heteroatoms. The summed E-state index contributed by atoms with van der Waals surface area (Å²) in [5.41, 5.74) is 7.91. The zero-order valence-electron chi connectivity index (χ0n) is 10.9. The van der Waals surface area contributed by atoms with Gasteiger partial charge in [-0.15, -0.1) is 0 Å². The van der Waals surface area contributed by atoms with E-state index in [0.29, 0.717) is 12.1 Å². The van der Waals surface area contributed by atoms with Crippen LogP contribution in [0.2, 0.25) is 0 Å². The van der Waals surface area contributed by atoms with E-state index in [0.717, 1.165) is 11.1 Å². The van der Waals surface area contributed by atoms with Crippen LogP contribution in [-0.2, 0) is 10.0 Å². The highest BCUT2D eigenvalue weighted by Gasteiger charge is 2.17. The number of hydrogen-bond donors (Lipinski definition) is 3. The first-order chi connectivity index (χ1) is 8.27. The van der Waals surface area contributed by atoms with E-state index in [4.69, 9.17) is 5.73 Å². The lowest BCUT2D eigenvalue weighted by Gasteiger charge is -2.12. The van der Waals surface area contributed by atoms with Gasteiger partial charge in [-0.05, 0) is 43.5 Å². The first-order valence-electron chi connectivity index (χ1n) is 5.82. The van der Waals surface area contributed by atoms with E-state index in [1.807, 2.05) is 13.8 Å². The number of sulfonamides is 1. The Kier molecular flexibility index (Phi) is 4.72. The number of nitrogen functional groups attached to an aromatic ring is 1. The molecular formula is C12H20N2O3S. The van der Waals surface area contributed by atoms with E-state index in [1.165, 1.54) is 6.07 Å². The van der Waals surface area contributed by atoms with Gasteiger partial charge in [-0.3, -0.25) is 0 Å². The largest absolute Gasteiger partial charge is 0.398 e. The third-order valence-electron chi connectivity index (χ3n) is 2.97. The molecule has 4 N–H and O–H groups in total. The summed E-state index contributed by atoms with van der Waals surface area (Å²) >= 11 is 0. The van der Waals surface area contributed by atoms with Crippen molar-refractivity contribution in [3.8, 4) is 0 Å². The van der Waals surface area contributed by atoms with Gasteiger partial charge in [0.25, 0.3) is 0 Å². The van der Waals surface area contributed by atoms with Crippen molar-refractivity contribution in [1.29, 1.82) is 0 Å². The lowest BCUT2D eigenvalue weighted by Crippen LogP contribution is -2.31. The van der Waals surface area contributed by atoms with E-state index >= 15 is 0 Å². The number of hydrogen-bond acceptors (Lipinski definition) is 4. The number of benzene rings is 1. The topological polar surface area (TPSA) is 92.4 Å². The molecular weight excluding hydrogens is 252 g/mol. The fourth-order valence-electron chi connectivity index (χ4n) is 1.44. The van der Waals surface area contributed by atoms with Gasteiger partial charge in [0.05, 0.1) is 11.0 Å². The van der Waals surface area contributed by atoms with E-state index in [1.54, 1.807) is 13.0 Å². The van der Waals surface area contributed by atoms with Gasteiger partial charge in [0.2, 0.25) is 10.0 Å². The predicted molar refractivity (Wildman–Crippen MR) is 71.8 cm³/mol. The predicted octanol–water partition coefficient (Wildman–Crippen LogP) is 0.935. The average Bonchev–Trinajstić information content (AvgIpc) is 2.32. The van der Waals surface area contributed by atoms with Crippen molar-refractivity contribution in [2.24, 2.45) is 0 Å². The Hall–Kier alpha value is -1.11. The molecule has 0 aliphatic rings. The summed E-state index contributed by atoms with van der Waals surface area (Å²) in [4.78, 5) is 0.131. The van der Waals surface area contributed by atoms with Crippen molar-refractivity contribution in [2.45, 2.75) is 38.2 Å². The molecule has 5 nitrogen and oxygen atoms in total. The first-order valence-corrected chi connectivity index (χ1v) is 7.30. The molecule has 1 aromatic carbocycles. The lowest BCUT2D eigenvalue weighted by molar-refractivity contribution is 0.174. The number of aliphatic hydroxyl groups excluding tert-OH is 1. The molecule has 0 saturated heterocycles. The van der Waals surface area contributed by atoms with Crippen molar-refractivity contribution in [3.05, 3.63) is 23.3 Å². The summed E-state index contributed by atoms with van der Waals surface area (Å²) in [7, 11) is -3.62. The van der Waals surface area contributed by atoms with Gasteiger partial charge in [0.1, 0.15) is 0 Å². The maximum absolute atomic E-state index is 12.0. The molecule has 0 heterocycles. The highest BCUT2D eigenvalue weighted by atomic mass is 32.2. The minimum absolute atomic E-state index is 0.00562. The standard InChI is InChI=1S/C12H20N2O3S/c1-4-10(15)7-14-18(16,17)11-5-8(2)9(3)12(13)6-11/h5-6,10,14-15H,4,7,13H2,1-3H3. The molecule has 1 rings (SSSR count). The Balaban J connectivity index is 2.99. The summed E-state index contributed by atoms with van der Waals surface area (Å²) in [6.45, 7) is 5.44. The van der Waals surface area contributed by atoms with Gasteiger partial charge in [0.15, 0.2) is 0 Å². The average molecular weight is 272 g/mol. The summed E-state index contributed by atoms with van der Waals surface area (Å²) in [5.74, 6) is 0. The van der Waals surface area contributed by atoms with Crippen molar-refractivity contribution >= 4 is 15.7 Å². The molecule has 0 aromatic heterocycles. The smallest absolute Gasteiger partial charge is 0.240 e. The molecule has 0 bridgehead atoms. The van der Waals surface area contributed by atoms with Crippen LogP contribution in [0.5, 0.6) is 0 Å². The molecule has 1 unspecified atom stereocenters. The zero-order valence-corrected chi connectivity index (χ0v) is 11.7. The third kappa shape index (κ3) is 3.44. The highest BCUT2D eigenvalue weighted by Crippen LogP contribution is 2.21. The minimum Gasteiger partial charge on any atom is -0.398 e. The molecule has 0 radical (unpaired) electrons. The van der Waals surface area contributed by atoms with Gasteiger partial charge < -0.3 is 10.8 Å². The molecule has 1 atom stereocenters. The first kappa shape index (κ1) is 14.9. The van der Waals surface area contributed by atoms with Gasteiger partial charge >= 0.3 is 0 Å². The quantitative estimate of drug-likeness (QED) is 0.695. The summed E-state index contributed by atoms with van der Waals surface area (Å²) in [6, 6.07) is 3.01. The molecule has 1 aromatic rings. The number of rotatable bonds is 5. The van der Waals surface area contributed by atoms with Gasteiger partial charge in [0, 0.05) is 12.2 Å². The van der Waals surface area contributed by atoms with Gasteiger partial charge in [-0.25, -0.2) is 13.1 Å². The van der Waals surface area contributed by atoms with Crippen LogP contribution in [0.4, 0.5) is 5.69 Å². The number of nitrogens with one attached hydrogen (secondary N) is 1. The van der Waals surface area contributed by atoms with Crippen LogP contribution in [0.1, 0.15) is 24.5 Å². The zero-order chi connectivity index (χ0) is 13.9. The van der Waals surface area contributed by atoms with Crippen molar-refractivity contribution in [2.75, 3.05) is 12.3 Å². The Bertz CT molecular complexity index is 503. The van der Waals surface area contributed by atoms with E-state index in [9.17, 15) is 13.5 Å². The van der Waals surface area contributed by atoms with Crippen molar-refractivity contribution < 1.29 is 13.5 Å². The van der Waals surface area contributed by atoms with Crippen LogP contribution in [0.3, 0.4) is 0 Å². The number of aryl methyl sites for hydroxylation is 1. The van der Waals surface area contributed by atoms with E-state index < -0.39 is 16.1 Å². The highest BCUT2D eigenvalue weighted by molar-refractivity contribution is 7.89. The Morgan fingerprint density at radius 2 is 2.00 bits per heavy atom. The van der Waals surface area contributed by atoms with Crippen molar-refractivity contribution in [1.82, 2.24) is 4.72 Å². The Labute approximate surface area is 108 Å². The van der Waals surface area contributed by atoms with Gasteiger partial charge in [-0.2, -0.15) is 0 Å². The number of anilines is 1. The molecule has 0 spiro atoms. The lowest BCUT2D eigenvalue weighted by atomic mass is 10.1. The Morgan fingerprint density at radius 1 is 1.39 bits per heavy atom. The van der Waals surface area contributed by atoms with Crippen LogP contribution in [0.25, 0.3) is 0 Å². The maximum Gasteiger partial charge on any atom is 0.240 e. The molecule has 18 heavy (non-hydrogen) atoms. The van der Waals surface area contributed by atoms with Crippen LogP contribution < -0.4 is 10.5 Å². The monoisotopic (exact) mass is 272 g/mol. The molecule has 0 fully saturated rings. The van der Waals surface area contributed by atoms with Crippen LogP contribution in [0, 0.1) is 13.8 Å². The van der Waals surface area contributed by atoms with Crippen LogP contribution in [-0.4, -0.2) is 26.2 Å². The normalized spacial score (nSPS) is 13.6. The van der Waals surface area contributed by atoms with E-state index in [-0.39, 0.29) is 11.4 Å². The van der Waals surface area contributed by atoms with Crippen LogP contribution >= 0.6 is 0 Å². The number of aliphatic hydroxyl groups is 1. The second kappa shape index (κ2) is 5.69. The Morgan fingerprint density at radius 3 is 2.50 bits per heavy atom. The summed E-state index contributed by atoms with van der Waals surface area (Å²) in [6.07, 6.45) is -0.180. The third-order valence-corrected chi connectivity index (χ3v) is 4.37. The molecule has 0 amide bonds. The number of nitrogens with two attached hydrogens (primary N) is 1. The van der Waals surface area contributed by atoms with Crippen LogP contribution in [0.15, 0.2) is 17.0 Å². The fourth-order valence-corrected chi connectivity index (χ4v) is 2.63. The van der Waals surface area contributed by atoms with E-state index in [2.05, 4.69) is 4.72 Å². The summed E-state index contributed by atoms with van der Waals surface area (Å²) < 4.78 is 26.3. The fraction of sp³-hybridized carbons (Fsp3) is 0.500. The molecule has 0 aliphatic heterocycles. The summed E-state index contributed by atoms with van der Waals surface area (Å²) in [5, 5.41) is 9.37. The van der Waals surface area contributed by atoms with Gasteiger partial charge in [-0.1, -0.05) is 6.92 Å². The second-order valence-corrected chi connectivity index (χ2v) is 6.14.